The third kappa shape index (κ3) is 2.65. The molecular weight excluding hydrogens is 281 g/mol. The Kier molecular flexibility index (Phi) is 3.78. The number of aromatic nitrogens is 3. The molecule has 0 aliphatic rings. The Labute approximate surface area is 127 Å². The maximum Gasteiger partial charge on any atom is 0.172 e. The minimum absolute atomic E-state index is 0.250. The average molecular weight is 295 g/mol. The van der Waals surface area contributed by atoms with Gasteiger partial charge in [0, 0.05) is 5.56 Å². The molecule has 0 bridgehead atoms. The van der Waals surface area contributed by atoms with Gasteiger partial charge in [-0.1, -0.05) is 29.5 Å². The molecule has 0 saturated heterocycles. The number of aryl methyl sites for hydroxylation is 1. The molecule has 0 spiro atoms. The molecule has 4 nitrogen and oxygen atoms in total. The molecule has 0 unspecified atom stereocenters. The summed E-state index contributed by atoms with van der Waals surface area (Å²) in [5.41, 5.74) is 3.78. The zero-order valence-electron chi connectivity index (χ0n) is 12.0. The van der Waals surface area contributed by atoms with E-state index in [9.17, 15) is 9.18 Å². The standard InChI is InChI=1S/C17H14FN3O/c1-12-4-2-3-5-14(12)10-21-17(16(11-22)19-20-21)13-6-8-15(18)9-7-13/h2-9,11H,10H2,1H3. The quantitative estimate of drug-likeness (QED) is 0.694. The van der Waals surface area contributed by atoms with E-state index in [2.05, 4.69) is 10.3 Å². The highest BCUT2D eigenvalue weighted by atomic mass is 19.1. The first-order valence-electron chi connectivity index (χ1n) is 6.88. The van der Waals surface area contributed by atoms with Crippen molar-refractivity contribution >= 4 is 6.29 Å². The molecule has 5 heteroatoms. The number of benzene rings is 2. The van der Waals surface area contributed by atoms with Crippen LogP contribution < -0.4 is 0 Å². The number of aldehydes is 1. The zero-order valence-corrected chi connectivity index (χ0v) is 12.0. The molecule has 3 aromatic rings. The van der Waals surface area contributed by atoms with Gasteiger partial charge < -0.3 is 0 Å². The van der Waals surface area contributed by atoms with Gasteiger partial charge in [-0.05, 0) is 42.3 Å². The predicted octanol–water partition coefficient (Wildman–Crippen LogP) is 3.25. The second-order valence-electron chi connectivity index (χ2n) is 5.03. The highest BCUT2D eigenvalue weighted by Crippen LogP contribution is 2.23. The lowest BCUT2D eigenvalue weighted by Crippen LogP contribution is -2.06. The zero-order chi connectivity index (χ0) is 15.5. The fraction of sp³-hybridized carbons (Fsp3) is 0.118. The molecule has 1 aromatic heterocycles. The highest BCUT2D eigenvalue weighted by molar-refractivity contribution is 5.83. The van der Waals surface area contributed by atoms with Crippen molar-refractivity contribution in [3.63, 3.8) is 0 Å². The average Bonchev–Trinajstić information content (AvgIpc) is 2.93. The van der Waals surface area contributed by atoms with Crippen LogP contribution in [-0.2, 0) is 6.54 Å². The van der Waals surface area contributed by atoms with Crippen LogP contribution in [0.3, 0.4) is 0 Å². The van der Waals surface area contributed by atoms with Gasteiger partial charge in [0.05, 0.1) is 12.2 Å². The van der Waals surface area contributed by atoms with Gasteiger partial charge >= 0.3 is 0 Å². The summed E-state index contributed by atoms with van der Waals surface area (Å²) in [7, 11) is 0. The van der Waals surface area contributed by atoms with Crippen LogP contribution in [-0.4, -0.2) is 21.3 Å². The van der Waals surface area contributed by atoms with E-state index >= 15 is 0 Å². The van der Waals surface area contributed by atoms with Gasteiger partial charge in [0.1, 0.15) is 5.82 Å². The van der Waals surface area contributed by atoms with Crippen molar-refractivity contribution in [1.82, 2.24) is 15.0 Å². The lowest BCUT2D eigenvalue weighted by molar-refractivity contribution is 0.111. The summed E-state index contributed by atoms with van der Waals surface area (Å²) in [6, 6.07) is 13.9. The van der Waals surface area contributed by atoms with Crippen molar-refractivity contribution in [3.8, 4) is 11.3 Å². The third-order valence-electron chi connectivity index (χ3n) is 3.57. The van der Waals surface area contributed by atoms with Crippen LogP contribution in [0.15, 0.2) is 48.5 Å². The number of nitrogens with zero attached hydrogens (tertiary/aromatic N) is 3. The number of carbonyl (C=O) groups excluding carboxylic acids is 1. The Balaban J connectivity index is 2.06. The molecule has 0 saturated carbocycles. The number of halogens is 1. The molecule has 0 radical (unpaired) electrons. The van der Waals surface area contributed by atoms with Gasteiger partial charge in [0.15, 0.2) is 12.0 Å². The maximum atomic E-state index is 13.1. The first-order valence-corrected chi connectivity index (χ1v) is 6.88. The van der Waals surface area contributed by atoms with Crippen LogP contribution in [0.4, 0.5) is 4.39 Å². The minimum atomic E-state index is -0.325. The van der Waals surface area contributed by atoms with Crippen molar-refractivity contribution in [2.24, 2.45) is 0 Å². The first kappa shape index (κ1) is 14.1. The second-order valence-corrected chi connectivity index (χ2v) is 5.03. The van der Waals surface area contributed by atoms with Gasteiger partial charge in [-0.2, -0.15) is 0 Å². The third-order valence-corrected chi connectivity index (χ3v) is 3.57. The molecule has 0 amide bonds. The molecule has 0 aliphatic carbocycles. The summed E-state index contributed by atoms with van der Waals surface area (Å²) < 4.78 is 14.8. The van der Waals surface area contributed by atoms with E-state index in [0.717, 1.165) is 11.1 Å². The van der Waals surface area contributed by atoms with Gasteiger partial charge in [0.2, 0.25) is 0 Å². The van der Waals surface area contributed by atoms with Crippen LogP contribution in [0.25, 0.3) is 11.3 Å². The van der Waals surface area contributed by atoms with E-state index in [1.165, 1.54) is 12.1 Å². The molecular formula is C17H14FN3O. The number of rotatable bonds is 4. The topological polar surface area (TPSA) is 47.8 Å². The van der Waals surface area contributed by atoms with E-state index < -0.39 is 0 Å². The highest BCUT2D eigenvalue weighted by Gasteiger charge is 2.15. The SMILES string of the molecule is Cc1ccccc1Cn1nnc(C=O)c1-c1ccc(F)cc1. The summed E-state index contributed by atoms with van der Waals surface area (Å²) in [6.45, 7) is 2.52. The van der Waals surface area contributed by atoms with Crippen LogP contribution in [0.1, 0.15) is 21.6 Å². The van der Waals surface area contributed by atoms with E-state index in [0.29, 0.717) is 24.1 Å². The largest absolute Gasteiger partial charge is 0.296 e. The monoisotopic (exact) mass is 295 g/mol. The van der Waals surface area contributed by atoms with Crippen molar-refractivity contribution < 1.29 is 9.18 Å². The van der Waals surface area contributed by atoms with E-state index in [1.807, 2.05) is 31.2 Å². The van der Waals surface area contributed by atoms with Gasteiger partial charge in [0.25, 0.3) is 0 Å². The van der Waals surface area contributed by atoms with Gasteiger partial charge in [-0.15, -0.1) is 5.10 Å². The number of carbonyl (C=O) groups is 1. The summed E-state index contributed by atoms with van der Waals surface area (Å²) in [6.07, 6.45) is 0.667. The summed E-state index contributed by atoms with van der Waals surface area (Å²) in [5, 5.41) is 7.97. The number of hydrogen-bond donors (Lipinski definition) is 0. The molecule has 2 aromatic carbocycles. The first-order chi connectivity index (χ1) is 10.7. The Morgan fingerprint density at radius 3 is 2.55 bits per heavy atom. The fourth-order valence-electron chi connectivity index (χ4n) is 2.37. The fourth-order valence-corrected chi connectivity index (χ4v) is 2.37. The smallest absolute Gasteiger partial charge is 0.172 e. The normalized spacial score (nSPS) is 10.6. The molecule has 0 fully saturated rings. The van der Waals surface area contributed by atoms with Crippen LogP contribution in [0.2, 0.25) is 0 Å². The second kappa shape index (κ2) is 5.89. The molecule has 0 N–H and O–H groups in total. The lowest BCUT2D eigenvalue weighted by Gasteiger charge is -2.09. The molecule has 22 heavy (non-hydrogen) atoms. The van der Waals surface area contributed by atoms with Crippen molar-refractivity contribution in [2.75, 3.05) is 0 Å². The van der Waals surface area contributed by atoms with Crippen molar-refractivity contribution in [3.05, 3.63) is 71.2 Å². The Morgan fingerprint density at radius 1 is 1.14 bits per heavy atom. The van der Waals surface area contributed by atoms with Gasteiger partial charge in [-0.25, -0.2) is 9.07 Å². The molecule has 0 atom stereocenters. The maximum absolute atomic E-state index is 13.1. The van der Waals surface area contributed by atoms with Crippen molar-refractivity contribution in [1.29, 1.82) is 0 Å². The molecule has 0 aliphatic heterocycles. The van der Waals surface area contributed by atoms with Crippen LogP contribution in [0.5, 0.6) is 0 Å². The van der Waals surface area contributed by atoms with E-state index in [4.69, 9.17) is 0 Å². The van der Waals surface area contributed by atoms with Crippen LogP contribution >= 0.6 is 0 Å². The summed E-state index contributed by atoms with van der Waals surface area (Å²) in [5.74, 6) is -0.325. The van der Waals surface area contributed by atoms with Crippen LogP contribution in [0, 0.1) is 12.7 Å². The Bertz CT molecular complexity index is 809. The minimum Gasteiger partial charge on any atom is -0.296 e. The number of hydrogen-bond acceptors (Lipinski definition) is 3. The van der Waals surface area contributed by atoms with Crippen molar-refractivity contribution in [2.45, 2.75) is 13.5 Å². The van der Waals surface area contributed by atoms with Gasteiger partial charge in [-0.3, -0.25) is 4.79 Å². The predicted molar refractivity (Wildman–Crippen MR) is 81.1 cm³/mol. The lowest BCUT2D eigenvalue weighted by atomic mass is 10.1. The summed E-state index contributed by atoms with van der Waals surface area (Å²) >= 11 is 0. The molecule has 110 valence electrons. The van der Waals surface area contributed by atoms with E-state index in [1.54, 1.807) is 16.8 Å². The Morgan fingerprint density at radius 2 is 1.86 bits per heavy atom. The summed E-state index contributed by atoms with van der Waals surface area (Å²) in [4.78, 5) is 11.2. The van der Waals surface area contributed by atoms with E-state index in [-0.39, 0.29) is 11.5 Å². The molecule has 3 rings (SSSR count). The Hall–Kier alpha value is -2.82. The molecule has 1 heterocycles.